The van der Waals surface area contributed by atoms with Crippen molar-refractivity contribution in [1.29, 1.82) is 0 Å². The van der Waals surface area contributed by atoms with Crippen LogP contribution in [0.5, 0.6) is 5.75 Å². The van der Waals surface area contributed by atoms with Crippen LogP contribution in [0.4, 0.5) is 8.78 Å². The van der Waals surface area contributed by atoms with Crippen LogP contribution in [-0.2, 0) is 0 Å². The number of ether oxygens (including phenoxy) is 1. The van der Waals surface area contributed by atoms with Crippen molar-refractivity contribution in [2.24, 2.45) is 5.92 Å². The van der Waals surface area contributed by atoms with E-state index in [4.69, 9.17) is 0 Å². The third kappa shape index (κ3) is 3.10. The first-order valence-electron chi connectivity index (χ1n) is 6.79. The summed E-state index contributed by atoms with van der Waals surface area (Å²) in [6, 6.07) is 15.8. The minimum absolute atomic E-state index is 0.00531. The van der Waals surface area contributed by atoms with E-state index in [9.17, 15) is 13.6 Å². The second kappa shape index (κ2) is 5.64. The molecular weight excluding hydrogens is 274 g/mol. The van der Waals surface area contributed by atoms with Gasteiger partial charge in [-0.25, -0.2) is 0 Å². The second-order valence-electron chi connectivity index (χ2n) is 5.13. The van der Waals surface area contributed by atoms with Crippen LogP contribution in [0.25, 0.3) is 0 Å². The lowest BCUT2D eigenvalue weighted by molar-refractivity contribution is -0.0498. The quantitative estimate of drug-likeness (QED) is 0.768. The van der Waals surface area contributed by atoms with Gasteiger partial charge in [0.2, 0.25) is 0 Å². The molecule has 4 heteroatoms. The van der Waals surface area contributed by atoms with E-state index < -0.39 is 6.61 Å². The normalized spacial score (nSPS) is 20.3. The van der Waals surface area contributed by atoms with E-state index in [1.165, 1.54) is 17.7 Å². The van der Waals surface area contributed by atoms with Crippen molar-refractivity contribution in [2.45, 2.75) is 19.0 Å². The molecule has 2 aromatic carbocycles. The van der Waals surface area contributed by atoms with Gasteiger partial charge in [0.05, 0.1) is 0 Å². The molecule has 0 spiro atoms. The minimum Gasteiger partial charge on any atom is -0.435 e. The summed E-state index contributed by atoms with van der Waals surface area (Å²) in [5, 5.41) is 0. The van der Waals surface area contributed by atoms with Gasteiger partial charge >= 0.3 is 6.61 Å². The third-order valence-corrected chi connectivity index (χ3v) is 3.72. The topological polar surface area (TPSA) is 26.3 Å². The first-order chi connectivity index (χ1) is 10.1. The molecule has 2 unspecified atom stereocenters. The van der Waals surface area contributed by atoms with E-state index in [-0.39, 0.29) is 23.4 Å². The second-order valence-corrected chi connectivity index (χ2v) is 5.13. The predicted molar refractivity (Wildman–Crippen MR) is 74.7 cm³/mol. The van der Waals surface area contributed by atoms with Crippen LogP contribution >= 0.6 is 0 Å². The number of halogens is 2. The van der Waals surface area contributed by atoms with E-state index in [1.54, 1.807) is 12.1 Å². The Bertz CT molecular complexity index is 623. The van der Waals surface area contributed by atoms with Gasteiger partial charge in [-0.15, -0.1) is 0 Å². The lowest BCUT2D eigenvalue weighted by atomic mass is 10.0. The molecule has 1 aliphatic rings. The summed E-state index contributed by atoms with van der Waals surface area (Å²) in [4.78, 5) is 12.3. The van der Waals surface area contributed by atoms with Crippen molar-refractivity contribution < 1.29 is 18.3 Å². The molecule has 108 valence electrons. The van der Waals surface area contributed by atoms with Crippen LogP contribution in [0.2, 0.25) is 0 Å². The fourth-order valence-electron chi connectivity index (χ4n) is 2.57. The summed E-state index contributed by atoms with van der Waals surface area (Å²) < 4.78 is 28.4. The van der Waals surface area contributed by atoms with Crippen LogP contribution in [0, 0.1) is 5.92 Å². The smallest absolute Gasteiger partial charge is 0.387 e. The highest BCUT2D eigenvalue weighted by molar-refractivity contribution is 6.00. The number of carbonyl (C=O) groups excluding carboxylic acids is 1. The summed E-state index contributed by atoms with van der Waals surface area (Å²) in [6.45, 7) is -2.85. The summed E-state index contributed by atoms with van der Waals surface area (Å²) >= 11 is 0. The molecule has 2 nitrogen and oxygen atoms in total. The molecule has 1 saturated carbocycles. The van der Waals surface area contributed by atoms with E-state index in [0.717, 1.165) is 6.42 Å². The van der Waals surface area contributed by atoms with Gasteiger partial charge < -0.3 is 4.74 Å². The highest BCUT2D eigenvalue weighted by Gasteiger charge is 2.43. The molecule has 3 rings (SSSR count). The van der Waals surface area contributed by atoms with Gasteiger partial charge in [0.1, 0.15) is 5.75 Å². The van der Waals surface area contributed by atoms with Crippen molar-refractivity contribution in [1.82, 2.24) is 0 Å². The largest absolute Gasteiger partial charge is 0.435 e. The van der Waals surface area contributed by atoms with Crippen molar-refractivity contribution in [3.05, 3.63) is 65.7 Å². The molecule has 0 N–H and O–H groups in total. The number of alkyl halides is 2. The van der Waals surface area contributed by atoms with Gasteiger partial charge in [0, 0.05) is 11.5 Å². The Labute approximate surface area is 121 Å². The summed E-state index contributed by atoms with van der Waals surface area (Å²) in [5.74, 6) is 0.398. The van der Waals surface area contributed by atoms with Gasteiger partial charge in [-0.05, 0) is 42.2 Å². The van der Waals surface area contributed by atoms with Gasteiger partial charge in [-0.2, -0.15) is 8.78 Å². The van der Waals surface area contributed by atoms with E-state index in [2.05, 4.69) is 4.74 Å². The van der Waals surface area contributed by atoms with Crippen LogP contribution in [0.3, 0.4) is 0 Å². The average Bonchev–Trinajstić information content (AvgIpc) is 3.28. The molecular formula is C17H14F2O2. The maximum atomic E-state index is 12.3. The van der Waals surface area contributed by atoms with E-state index in [0.29, 0.717) is 5.56 Å². The Balaban J connectivity index is 1.67. The zero-order chi connectivity index (χ0) is 14.8. The number of hydrogen-bond donors (Lipinski definition) is 0. The van der Waals surface area contributed by atoms with Crippen molar-refractivity contribution in [2.75, 3.05) is 0 Å². The fourth-order valence-corrected chi connectivity index (χ4v) is 2.57. The maximum absolute atomic E-state index is 12.3. The highest BCUT2D eigenvalue weighted by Crippen LogP contribution is 2.49. The van der Waals surface area contributed by atoms with Gasteiger partial charge in [-0.3, -0.25) is 4.79 Å². The molecule has 2 aromatic rings. The molecule has 0 heterocycles. The van der Waals surface area contributed by atoms with Crippen LogP contribution in [0.1, 0.15) is 28.3 Å². The zero-order valence-electron chi connectivity index (χ0n) is 11.2. The Hall–Kier alpha value is -2.23. The lowest BCUT2D eigenvalue weighted by Gasteiger charge is -2.05. The summed E-state index contributed by atoms with van der Waals surface area (Å²) in [6.07, 6.45) is 0.845. The monoisotopic (exact) mass is 288 g/mol. The van der Waals surface area contributed by atoms with Crippen LogP contribution in [0.15, 0.2) is 54.6 Å². The maximum Gasteiger partial charge on any atom is 0.387 e. The van der Waals surface area contributed by atoms with Crippen LogP contribution < -0.4 is 4.74 Å². The Morgan fingerprint density at radius 2 is 1.71 bits per heavy atom. The predicted octanol–water partition coefficient (Wildman–Crippen LogP) is 4.27. The van der Waals surface area contributed by atoms with Gasteiger partial charge in [0.15, 0.2) is 5.78 Å². The zero-order valence-corrected chi connectivity index (χ0v) is 11.2. The Morgan fingerprint density at radius 1 is 1.05 bits per heavy atom. The summed E-state index contributed by atoms with van der Waals surface area (Å²) in [7, 11) is 0. The molecule has 1 fully saturated rings. The molecule has 0 aliphatic heterocycles. The van der Waals surface area contributed by atoms with E-state index >= 15 is 0 Å². The lowest BCUT2D eigenvalue weighted by Crippen LogP contribution is -2.05. The van der Waals surface area contributed by atoms with Gasteiger partial charge in [0.25, 0.3) is 0 Å². The minimum atomic E-state index is -2.85. The molecule has 0 bridgehead atoms. The first kappa shape index (κ1) is 13.7. The number of benzene rings is 2. The van der Waals surface area contributed by atoms with Crippen molar-refractivity contribution in [3.63, 3.8) is 0 Å². The first-order valence-corrected chi connectivity index (χ1v) is 6.79. The van der Waals surface area contributed by atoms with Crippen LogP contribution in [-0.4, -0.2) is 12.4 Å². The molecule has 0 radical (unpaired) electrons. The number of carbonyl (C=O) groups is 1. The molecule has 0 aromatic heterocycles. The fraction of sp³-hybridized carbons (Fsp3) is 0.235. The van der Waals surface area contributed by atoms with Crippen molar-refractivity contribution >= 4 is 5.78 Å². The van der Waals surface area contributed by atoms with Gasteiger partial charge in [-0.1, -0.05) is 30.3 Å². The molecule has 0 amide bonds. The Kier molecular flexibility index (Phi) is 3.69. The van der Waals surface area contributed by atoms with Crippen molar-refractivity contribution in [3.8, 4) is 5.75 Å². The molecule has 21 heavy (non-hydrogen) atoms. The number of Topliss-reactive ketones (excluding diaryl/α,β-unsaturated/α-hetero) is 1. The molecule has 2 atom stereocenters. The SMILES string of the molecule is O=C(c1ccc(OC(F)F)cc1)C1CC1c1ccccc1. The Morgan fingerprint density at radius 3 is 2.33 bits per heavy atom. The molecule has 1 aliphatic carbocycles. The number of ketones is 1. The number of rotatable bonds is 5. The third-order valence-electron chi connectivity index (χ3n) is 3.72. The standard InChI is InChI=1S/C17H14F2O2/c18-17(19)21-13-8-6-12(7-9-13)16(20)15-10-14(15)11-4-2-1-3-5-11/h1-9,14-15,17H,10H2. The number of hydrogen-bond acceptors (Lipinski definition) is 2. The highest BCUT2D eigenvalue weighted by atomic mass is 19.3. The van der Waals surface area contributed by atoms with E-state index in [1.807, 2.05) is 30.3 Å². The average molecular weight is 288 g/mol. The summed E-state index contributed by atoms with van der Waals surface area (Å²) in [5.41, 5.74) is 1.72. The molecule has 0 saturated heterocycles.